The van der Waals surface area contributed by atoms with Gasteiger partial charge in [-0.1, -0.05) is 60.7 Å². The van der Waals surface area contributed by atoms with Gasteiger partial charge in [0.25, 0.3) is 0 Å². The first kappa shape index (κ1) is 21.2. The summed E-state index contributed by atoms with van der Waals surface area (Å²) >= 11 is 0. The van der Waals surface area contributed by atoms with Gasteiger partial charge in [0.2, 0.25) is 0 Å². The van der Waals surface area contributed by atoms with Crippen molar-refractivity contribution < 1.29 is 24.9 Å². The van der Waals surface area contributed by atoms with Gasteiger partial charge in [-0.25, -0.2) is 0 Å². The van der Waals surface area contributed by atoms with Crippen LogP contribution in [0.25, 0.3) is 10.8 Å². The standard InChI is InChI=1S/C26H23NO5/c1-25(23(29)30)12-13-26(24(31)32,15-17-6-3-2-4-7-17)16-22(25)27-21-9-5-8-18-10-11-19(28)14-20(18)21/h2-14,16,27-28H,15H2,1H3,(H,29,30)(H,31,32). The zero-order chi connectivity index (χ0) is 22.9. The largest absolute Gasteiger partial charge is 0.508 e. The minimum absolute atomic E-state index is 0.0780. The molecule has 0 saturated carbocycles. The zero-order valence-electron chi connectivity index (χ0n) is 17.4. The lowest BCUT2D eigenvalue weighted by atomic mass is 9.70. The van der Waals surface area contributed by atoms with Crippen LogP contribution in [0.2, 0.25) is 0 Å². The van der Waals surface area contributed by atoms with Crippen molar-refractivity contribution in [1.82, 2.24) is 0 Å². The highest BCUT2D eigenvalue weighted by molar-refractivity contribution is 5.96. The summed E-state index contributed by atoms with van der Waals surface area (Å²) in [7, 11) is 0. The number of nitrogens with one attached hydrogen (secondary N) is 1. The van der Waals surface area contributed by atoms with Crippen LogP contribution in [0.3, 0.4) is 0 Å². The molecule has 6 heteroatoms. The van der Waals surface area contributed by atoms with Gasteiger partial charge in [0.05, 0.1) is 0 Å². The Morgan fingerprint density at radius 1 is 0.906 bits per heavy atom. The number of rotatable bonds is 6. The average Bonchev–Trinajstić information content (AvgIpc) is 2.77. The Bertz CT molecular complexity index is 1260. The van der Waals surface area contributed by atoms with Crippen LogP contribution in [0, 0.1) is 10.8 Å². The summed E-state index contributed by atoms with van der Waals surface area (Å²) < 4.78 is 0. The fourth-order valence-electron chi connectivity index (χ4n) is 3.98. The molecule has 0 aliphatic heterocycles. The van der Waals surface area contributed by atoms with E-state index in [-0.39, 0.29) is 17.9 Å². The monoisotopic (exact) mass is 429 g/mol. The number of anilines is 1. The minimum atomic E-state index is -1.45. The normalized spacial score (nSPS) is 22.3. The molecule has 3 aromatic carbocycles. The molecule has 32 heavy (non-hydrogen) atoms. The molecule has 0 fully saturated rings. The number of aliphatic carboxylic acids is 2. The second kappa shape index (κ2) is 7.89. The first-order valence-corrected chi connectivity index (χ1v) is 10.2. The summed E-state index contributed by atoms with van der Waals surface area (Å²) in [4.78, 5) is 24.6. The third-order valence-corrected chi connectivity index (χ3v) is 5.99. The summed E-state index contributed by atoms with van der Waals surface area (Å²) in [6.07, 6.45) is 4.59. The summed E-state index contributed by atoms with van der Waals surface area (Å²) in [5.41, 5.74) is -1.21. The first-order valence-electron chi connectivity index (χ1n) is 10.2. The van der Waals surface area contributed by atoms with Crippen molar-refractivity contribution in [3.63, 3.8) is 0 Å². The van der Waals surface area contributed by atoms with Gasteiger partial charge in [-0.05, 0) is 48.6 Å². The maximum Gasteiger partial charge on any atom is 0.319 e. The number of hydrogen-bond donors (Lipinski definition) is 4. The van der Waals surface area contributed by atoms with Crippen molar-refractivity contribution in [3.8, 4) is 5.75 Å². The van der Waals surface area contributed by atoms with Gasteiger partial charge in [0, 0.05) is 16.8 Å². The van der Waals surface area contributed by atoms with Crippen LogP contribution in [-0.2, 0) is 16.0 Å². The Labute approximate surface area is 185 Å². The molecule has 2 unspecified atom stereocenters. The molecule has 162 valence electrons. The van der Waals surface area contributed by atoms with Crippen LogP contribution in [0.5, 0.6) is 5.75 Å². The maximum absolute atomic E-state index is 12.4. The summed E-state index contributed by atoms with van der Waals surface area (Å²) in [6, 6.07) is 19.6. The number of carbonyl (C=O) groups is 2. The number of fused-ring (bicyclic) bond motifs is 1. The molecule has 0 aromatic heterocycles. The maximum atomic E-state index is 12.4. The van der Waals surface area contributed by atoms with E-state index in [0.29, 0.717) is 11.1 Å². The molecule has 0 bridgehead atoms. The number of phenolic OH excluding ortho intramolecular Hbond substituents is 1. The average molecular weight is 429 g/mol. The highest BCUT2D eigenvalue weighted by atomic mass is 16.4. The van der Waals surface area contributed by atoms with E-state index < -0.39 is 22.8 Å². The summed E-state index contributed by atoms with van der Waals surface area (Å²) in [5.74, 6) is -2.09. The molecule has 2 atom stereocenters. The summed E-state index contributed by atoms with van der Waals surface area (Å²) in [5, 5.41) is 34.8. The lowest BCUT2D eigenvalue weighted by Crippen LogP contribution is -2.40. The van der Waals surface area contributed by atoms with E-state index >= 15 is 0 Å². The van der Waals surface area contributed by atoms with Crippen molar-refractivity contribution in [2.75, 3.05) is 5.32 Å². The van der Waals surface area contributed by atoms with Gasteiger partial charge in [-0.2, -0.15) is 0 Å². The van der Waals surface area contributed by atoms with Crippen molar-refractivity contribution >= 4 is 28.4 Å². The van der Waals surface area contributed by atoms with Crippen molar-refractivity contribution in [3.05, 3.63) is 96.2 Å². The molecule has 1 aliphatic carbocycles. The zero-order valence-corrected chi connectivity index (χ0v) is 17.4. The lowest BCUT2D eigenvalue weighted by molar-refractivity contribution is -0.146. The predicted octanol–water partition coefficient (Wildman–Crippen LogP) is 4.82. The van der Waals surface area contributed by atoms with Gasteiger partial charge in [0.15, 0.2) is 0 Å². The smallest absolute Gasteiger partial charge is 0.319 e. The Morgan fingerprint density at radius 3 is 2.34 bits per heavy atom. The van der Waals surface area contributed by atoms with E-state index in [0.717, 1.165) is 10.9 Å². The summed E-state index contributed by atoms with van der Waals surface area (Å²) in [6.45, 7) is 1.53. The number of carboxylic acid groups (broad SMARTS) is 2. The second-order valence-corrected chi connectivity index (χ2v) is 8.24. The Hall–Kier alpha value is -4.06. The van der Waals surface area contributed by atoms with E-state index in [1.165, 1.54) is 25.2 Å². The van der Waals surface area contributed by atoms with Crippen LogP contribution >= 0.6 is 0 Å². The molecule has 3 aromatic rings. The van der Waals surface area contributed by atoms with Crippen LogP contribution in [-0.4, -0.2) is 27.3 Å². The molecule has 0 amide bonds. The second-order valence-electron chi connectivity index (χ2n) is 8.24. The SMILES string of the molecule is CC1(C(=O)O)C=CC(Cc2ccccc2)(C(=O)O)C=C1Nc1cccc2ccc(O)cc12. The van der Waals surface area contributed by atoms with Crippen LogP contribution < -0.4 is 5.32 Å². The lowest BCUT2D eigenvalue weighted by Gasteiger charge is -2.35. The first-order chi connectivity index (χ1) is 15.2. The fourth-order valence-corrected chi connectivity index (χ4v) is 3.98. The van der Waals surface area contributed by atoms with Crippen molar-refractivity contribution in [2.45, 2.75) is 13.3 Å². The molecular weight excluding hydrogens is 406 g/mol. The van der Waals surface area contributed by atoms with Gasteiger partial charge in [0.1, 0.15) is 16.6 Å². The van der Waals surface area contributed by atoms with Crippen molar-refractivity contribution in [1.29, 1.82) is 0 Å². The molecule has 0 spiro atoms. The molecule has 1 aliphatic rings. The number of hydrogen-bond acceptors (Lipinski definition) is 4. The Kier molecular flexibility index (Phi) is 5.22. The topological polar surface area (TPSA) is 107 Å². The van der Waals surface area contributed by atoms with E-state index in [9.17, 15) is 24.9 Å². The molecule has 0 saturated heterocycles. The highest BCUT2D eigenvalue weighted by Gasteiger charge is 2.45. The van der Waals surface area contributed by atoms with Gasteiger partial charge in [-0.3, -0.25) is 9.59 Å². The molecule has 0 radical (unpaired) electrons. The van der Waals surface area contributed by atoms with E-state index in [4.69, 9.17) is 0 Å². The van der Waals surface area contributed by atoms with E-state index in [2.05, 4.69) is 5.32 Å². The Balaban J connectivity index is 1.84. The van der Waals surface area contributed by atoms with Crippen molar-refractivity contribution in [2.24, 2.45) is 10.8 Å². The molecule has 6 nitrogen and oxygen atoms in total. The van der Waals surface area contributed by atoms with Crippen LogP contribution in [0.15, 0.2) is 90.7 Å². The number of phenols is 1. The van der Waals surface area contributed by atoms with Gasteiger partial charge < -0.3 is 20.6 Å². The molecule has 4 N–H and O–H groups in total. The van der Waals surface area contributed by atoms with Gasteiger partial charge in [-0.15, -0.1) is 0 Å². The van der Waals surface area contributed by atoms with Crippen LogP contribution in [0.1, 0.15) is 12.5 Å². The highest BCUT2D eigenvalue weighted by Crippen LogP contribution is 2.42. The number of aromatic hydroxyl groups is 1. The van der Waals surface area contributed by atoms with E-state index in [1.54, 1.807) is 24.3 Å². The molecule has 4 rings (SSSR count). The number of benzene rings is 3. The third kappa shape index (κ3) is 3.71. The third-order valence-electron chi connectivity index (χ3n) is 5.99. The minimum Gasteiger partial charge on any atom is -0.508 e. The quantitative estimate of drug-likeness (QED) is 0.419. The van der Waals surface area contributed by atoms with Crippen LogP contribution in [0.4, 0.5) is 5.69 Å². The number of carboxylic acids is 2. The van der Waals surface area contributed by atoms with Gasteiger partial charge >= 0.3 is 11.9 Å². The fraction of sp³-hybridized carbons (Fsp3) is 0.154. The van der Waals surface area contributed by atoms with E-state index in [1.807, 2.05) is 42.5 Å². The molecule has 0 heterocycles. The Morgan fingerprint density at radius 2 is 1.66 bits per heavy atom. The predicted molar refractivity (Wildman–Crippen MR) is 122 cm³/mol. The molecular formula is C26H23NO5.